The topological polar surface area (TPSA) is 285 Å². The first-order chi connectivity index (χ1) is 34.8. The number of benzene rings is 3. The van der Waals surface area contributed by atoms with Crippen LogP contribution < -0.4 is 20.7 Å². The summed E-state index contributed by atoms with van der Waals surface area (Å²) in [6.07, 6.45) is 19.7. The summed E-state index contributed by atoms with van der Waals surface area (Å²) >= 11 is 0. The number of anilines is 1. The van der Waals surface area contributed by atoms with Crippen LogP contribution in [0.1, 0.15) is 129 Å². The summed E-state index contributed by atoms with van der Waals surface area (Å²) < 4.78 is 130. The first kappa shape index (κ1) is 60.9. The Morgan fingerprint density at radius 2 is 1.43 bits per heavy atom. The van der Waals surface area contributed by atoms with E-state index in [1.54, 1.807) is 6.07 Å². The SMILES string of the molecule is CCCC[N+]1=C(C=CC2=C(Oc3ccc(S(=O)(=O)O)cc3)C(=CC=C3N(CCCCCC(=O)NCCCCCCN)c4ccc(S(=O)(=O)[O-])cc4C3(C)C)CCC2)C(C)(C)c2ccccc21.O=S(=O)=O.O=S(=O)=O. The van der Waals surface area contributed by atoms with Gasteiger partial charge in [0.2, 0.25) is 11.6 Å². The molecule has 0 bridgehead atoms. The second-order valence-electron chi connectivity index (χ2n) is 19.0. The Labute approximate surface area is 438 Å². The monoisotopic (exact) mass is 1100 g/mol. The molecule has 404 valence electrons. The second kappa shape index (κ2) is 27.8. The van der Waals surface area contributed by atoms with Crippen LogP contribution in [0.15, 0.2) is 123 Å². The van der Waals surface area contributed by atoms with E-state index in [2.05, 4.69) is 84.1 Å². The first-order valence-electron chi connectivity index (χ1n) is 24.6. The number of carbonyl (C=O) groups excluding carboxylic acids is 1. The minimum Gasteiger partial charge on any atom is -0.744 e. The van der Waals surface area contributed by atoms with Crippen LogP contribution in [-0.4, -0.2) is 93.6 Å². The molecule has 2 heterocycles. The van der Waals surface area contributed by atoms with Gasteiger partial charge in [-0.25, -0.2) is 8.42 Å². The lowest BCUT2D eigenvalue weighted by Crippen LogP contribution is -2.28. The number of fused-ring (bicyclic) bond motifs is 2. The van der Waals surface area contributed by atoms with Crippen molar-refractivity contribution in [3.05, 3.63) is 125 Å². The third-order valence-electron chi connectivity index (χ3n) is 13.1. The molecule has 18 nitrogen and oxygen atoms in total. The standard InChI is InChI=1S/C52H68N4O8S2.2O3S/c1-6-7-35-55-45-21-13-12-20-43(45)51(2,3)47(55)31-23-38-18-17-19-39(50(38)64-40-25-27-41(28-26-40)65(58,59)60)24-32-48-52(4,5)44-37-42(66(61,62)63)29-30-46(44)56(48)36-16-10-11-22-49(57)54-34-15-9-8-14-33-53;2*1-4(2)3/h12-13,20-21,23-32,37H,6-11,14-19,22,33-36,53H2,1-5H3,(H2-,54,57,58,59,60,61,62,63);;. The quantitative estimate of drug-likeness (QED) is 0.0490. The molecule has 0 radical (unpaired) electrons. The van der Waals surface area contributed by atoms with Crippen LogP contribution in [0.2, 0.25) is 0 Å². The Kier molecular flexibility index (Phi) is 22.9. The summed E-state index contributed by atoms with van der Waals surface area (Å²) in [7, 11) is -15.3. The number of hydrogen-bond donors (Lipinski definition) is 3. The van der Waals surface area contributed by atoms with Gasteiger partial charge in [-0.3, -0.25) is 9.35 Å². The number of allylic oxidation sites excluding steroid dienone is 7. The van der Waals surface area contributed by atoms with E-state index in [0.29, 0.717) is 44.0 Å². The third-order valence-corrected chi connectivity index (χ3v) is 14.8. The zero-order valence-corrected chi connectivity index (χ0v) is 45.8. The average Bonchev–Trinajstić information content (AvgIpc) is 3.67. The second-order valence-corrected chi connectivity index (χ2v) is 22.7. The molecule has 0 unspecified atom stereocenters. The van der Waals surface area contributed by atoms with Gasteiger partial charge in [0.05, 0.1) is 15.2 Å². The van der Waals surface area contributed by atoms with E-state index in [1.165, 1.54) is 53.4 Å². The Balaban J connectivity index is 0.00000138. The van der Waals surface area contributed by atoms with Gasteiger partial charge in [0.1, 0.15) is 28.2 Å². The molecule has 0 fully saturated rings. The number of ether oxygens (including phenoxy) is 1. The molecule has 3 aliphatic rings. The maximum atomic E-state index is 12.6. The summed E-state index contributed by atoms with van der Waals surface area (Å²) in [5.41, 5.74) is 12.7. The minimum absolute atomic E-state index is 0.0478. The fourth-order valence-electron chi connectivity index (χ4n) is 9.43. The van der Waals surface area contributed by atoms with E-state index < -0.39 is 46.9 Å². The number of hydrogen-bond acceptors (Lipinski definition) is 15. The lowest BCUT2D eigenvalue weighted by atomic mass is 9.81. The van der Waals surface area contributed by atoms with Gasteiger partial charge in [-0.05, 0) is 137 Å². The molecular weight excluding hydrogens is 1030 g/mol. The van der Waals surface area contributed by atoms with E-state index in [4.69, 9.17) is 35.7 Å². The highest BCUT2D eigenvalue weighted by atomic mass is 32.2. The van der Waals surface area contributed by atoms with Crippen molar-refractivity contribution in [2.45, 2.75) is 139 Å². The largest absolute Gasteiger partial charge is 0.744 e. The van der Waals surface area contributed by atoms with Gasteiger partial charge in [-0.15, -0.1) is 25.3 Å². The maximum Gasteiger partial charge on any atom is 0.425 e. The molecule has 74 heavy (non-hydrogen) atoms. The molecule has 0 atom stereocenters. The van der Waals surface area contributed by atoms with Crippen LogP contribution in [0.5, 0.6) is 5.75 Å². The summed E-state index contributed by atoms with van der Waals surface area (Å²) in [5, 5.41) is 3.03. The fraction of sp³-hybridized carbons (Fsp3) is 0.462. The summed E-state index contributed by atoms with van der Waals surface area (Å²) in [5.74, 6) is 1.11. The number of nitrogens with one attached hydrogen (secondary N) is 1. The molecule has 0 spiro atoms. The average molecular weight is 1100 g/mol. The number of unbranched alkanes of at least 4 members (excludes halogenated alkanes) is 6. The predicted molar refractivity (Wildman–Crippen MR) is 280 cm³/mol. The lowest BCUT2D eigenvalue weighted by Gasteiger charge is -2.27. The lowest BCUT2D eigenvalue weighted by molar-refractivity contribution is -0.438. The van der Waals surface area contributed by atoms with Crippen molar-refractivity contribution in [2.24, 2.45) is 5.73 Å². The van der Waals surface area contributed by atoms with Crippen LogP contribution >= 0.6 is 0 Å². The molecule has 2 aliphatic heterocycles. The fourth-order valence-corrected chi connectivity index (χ4v) is 10.4. The van der Waals surface area contributed by atoms with Gasteiger partial charge in [-0.1, -0.05) is 70.7 Å². The molecule has 0 saturated carbocycles. The number of rotatable bonds is 22. The minimum atomic E-state index is -4.71. The van der Waals surface area contributed by atoms with E-state index in [9.17, 15) is 30.7 Å². The molecule has 4 N–H and O–H groups in total. The zero-order chi connectivity index (χ0) is 54.9. The van der Waals surface area contributed by atoms with Gasteiger partial charge in [0, 0.05) is 60.4 Å². The zero-order valence-electron chi connectivity index (χ0n) is 42.5. The Hall–Kier alpha value is -5.62. The van der Waals surface area contributed by atoms with Gasteiger partial charge in [0.25, 0.3) is 10.1 Å². The molecule has 0 aromatic heterocycles. The molecule has 3 aromatic rings. The number of nitrogens with zero attached hydrogens (tertiary/aromatic N) is 2. The smallest absolute Gasteiger partial charge is 0.425 e. The molecule has 22 heteroatoms. The van der Waals surface area contributed by atoms with Crippen molar-refractivity contribution in [2.75, 3.05) is 31.1 Å². The van der Waals surface area contributed by atoms with Gasteiger partial charge in [-0.2, -0.15) is 13.0 Å². The third kappa shape index (κ3) is 17.2. The van der Waals surface area contributed by atoms with E-state index in [0.717, 1.165) is 105 Å². The summed E-state index contributed by atoms with van der Waals surface area (Å²) in [6, 6.07) is 18.9. The van der Waals surface area contributed by atoms with Crippen molar-refractivity contribution in [1.29, 1.82) is 0 Å². The molecule has 0 saturated heterocycles. The van der Waals surface area contributed by atoms with Crippen LogP contribution in [0.3, 0.4) is 0 Å². The number of carbonyl (C=O) groups is 1. The van der Waals surface area contributed by atoms with Crippen LogP contribution in [0.4, 0.5) is 11.4 Å². The molecule has 1 amide bonds. The molecule has 3 aromatic carbocycles. The summed E-state index contributed by atoms with van der Waals surface area (Å²) in [6.45, 7) is 13.6. The van der Waals surface area contributed by atoms with Crippen molar-refractivity contribution in [3.8, 4) is 5.75 Å². The predicted octanol–water partition coefficient (Wildman–Crippen LogP) is 7.88. The molecule has 6 rings (SSSR count). The highest BCUT2D eigenvalue weighted by molar-refractivity contribution is 7.86. The summed E-state index contributed by atoms with van der Waals surface area (Å²) in [4.78, 5) is 14.3. The highest BCUT2D eigenvalue weighted by Gasteiger charge is 2.44. The Morgan fingerprint density at radius 1 is 0.797 bits per heavy atom. The van der Waals surface area contributed by atoms with Gasteiger partial charge < -0.3 is 25.2 Å². The Bertz CT molecular complexity index is 3070. The normalized spacial score (nSPS) is 16.8. The molecular formula is C52H68N4O14S4. The Morgan fingerprint density at radius 3 is 2.07 bits per heavy atom. The van der Waals surface area contributed by atoms with E-state index in [-0.39, 0.29) is 21.1 Å². The highest BCUT2D eigenvalue weighted by Crippen LogP contribution is 2.49. The van der Waals surface area contributed by atoms with Crippen LogP contribution in [0, 0.1) is 0 Å². The van der Waals surface area contributed by atoms with E-state index >= 15 is 0 Å². The van der Waals surface area contributed by atoms with Crippen LogP contribution in [0.25, 0.3) is 0 Å². The molecule has 1 aliphatic carbocycles. The number of para-hydroxylation sites is 1. The van der Waals surface area contributed by atoms with Crippen molar-refractivity contribution < 1.29 is 65.3 Å². The van der Waals surface area contributed by atoms with Crippen molar-refractivity contribution in [3.63, 3.8) is 0 Å². The van der Waals surface area contributed by atoms with Gasteiger partial charge in [0.15, 0.2) is 5.71 Å². The number of amides is 1. The maximum absolute atomic E-state index is 12.6. The van der Waals surface area contributed by atoms with Crippen molar-refractivity contribution in [1.82, 2.24) is 5.32 Å². The van der Waals surface area contributed by atoms with Crippen molar-refractivity contribution >= 4 is 64.4 Å². The van der Waals surface area contributed by atoms with Crippen LogP contribution in [-0.2, 0) is 57.1 Å². The van der Waals surface area contributed by atoms with Gasteiger partial charge >= 0.3 is 21.2 Å². The number of nitrogens with two attached hydrogens (primary N) is 1. The first-order valence-corrected chi connectivity index (χ1v) is 29.4. The van der Waals surface area contributed by atoms with E-state index in [1.807, 2.05) is 13.8 Å².